The van der Waals surface area contributed by atoms with E-state index in [-0.39, 0.29) is 48.7 Å². The maximum Gasteiger partial charge on any atom is 0.418 e. The molecule has 0 radical (unpaired) electrons. The van der Waals surface area contributed by atoms with Gasteiger partial charge in [0.25, 0.3) is 11.8 Å². The van der Waals surface area contributed by atoms with Crippen LogP contribution in [0.5, 0.6) is 0 Å². The molecular formula is C24H24ClF3N4O6S. The Labute approximate surface area is 229 Å². The Balaban J connectivity index is 1.50. The fourth-order valence-corrected chi connectivity index (χ4v) is 4.78. The van der Waals surface area contributed by atoms with Gasteiger partial charge in [-0.3, -0.25) is 14.4 Å². The van der Waals surface area contributed by atoms with E-state index in [0.717, 1.165) is 28.7 Å². The predicted octanol–water partition coefficient (Wildman–Crippen LogP) is 3.80. The average Bonchev–Trinajstić information content (AvgIpc) is 3.30. The van der Waals surface area contributed by atoms with E-state index in [1.165, 1.54) is 18.2 Å². The molecule has 2 aliphatic rings. The summed E-state index contributed by atoms with van der Waals surface area (Å²) in [6.07, 6.45) is -3.77. The van der Waals surface area contributed by atoms with Crippen molar-refractivity contribution in [1.29, 1.82) is 0 Å². The van der Waals surface area contributed by atoms with Crippen molar-refractivity contribution in [1.82, 2.24) is 10.6 Å². The zero-order chi connectivity index (χ0) is 28.2. The van der Waals surface area contributed by atoms with Gasteiger partial charge in [0.05, 0.1) is 27.1 Å². The van der Waals surface area contributed by atoms with Crippen LogP contribution in [-0.4, -0.2) is 62.3 Å². The van der Waals surface area contributed by atoms with Crippen molar-refractivity contribution in [3.8, 4) is 0 Å². The Bertz CT molecular complexity index is 1250. The third-order valence-corrected chi connectivity index (χ3v) is 7.27. The highest BCUT2D eigenvalue weighted by atomic mass is 35.5. The lowest BCUT2D eigenvalue weighted by Gasteiger charge is -2.29. The van der Waals surface area contributed by atoms with Crippen LogP contribution in [0.4, 0.5) is 29.3 Å². The molecule has 4 rings (SSSR count). The Hall–Kier alpha value is -3.36. The van der Waals surface area contributed by atoms with Gasteiger partial charge in [-0.05, 0) is 49.6 Å². The molecule has 210 valence electrons. The lowest BCUT2D eigenvalue weighted by atomic mass is 9.96. The number of carbonyl (C=O) groups is 4. The number of alkyl halides is 3. The van der Waals surface area contributed by atoms with Gasteiger partial charge >= 0.3 is 12.3 Å². The van der Waals surface area contributed by atoms with Crippen LogP contribution in [0.1, 0.15) is 34.5 Å². The van der Waals surface area contributed by atoms with Gasteiger partial charge in [-0.15, -0.1) is 11.3 Å². The van der Waals surface area contributed by atoms with Gasteiger partial charge in [0, 0.05) is 18.8 Å². The summed E-state index contributed by atoms with van der Waals surface area (Å²) < 4.78 is 52.3. The molecule has 1 aliphatic carbocycles. The fourth-order valence-electron chi connectivity index (χ4n) is 3.82. The first-order chi connectivity index (χ1) is 18.5. The molecule has 1 saturated carbocycles. The quantitative estimate of drug-likeness (QED) is 0.431. The van der Waals surface area contributed by atoms with Crippen LogP contribution < -0.4 is 20.9 Å². The summed E-state index contributed by atoms with van der Waals surface area (Å²) >= 11 is 6.86. The summed E-state index contributed by atoms with van der Waals surface area (Å²) in [7, 11) is 0. The first-order valence-electron chi connectivity index (χ1n) is 11.9. The molecule has 1 aliphatic heterocycles. The summed E-state index contributed by atoms with van der Waals surface area (Å²) in [5.41, 5.74) is -1.73. The highest BCUT2D eigenvalue weighted by Gasteiger charge is 2.37. The van der Waals surface area contributed by atoms with E-state index in [4.69, 9.17) is 21.1 Å². The second kappa shape index (κ2) is 12.2. The van der Waals surface area contributed by atoms with Crippen LogP contribution in [0.15, 0.2) is 30.3 Å². The zero-order valence-corrected chi connectivity index (χ0v) is 21.9. The monoisotopic (exact) mass is 588 g/mol. The number of thiophene rings is 1. The lowest BCUT2D eigenvalue weighted by molar-refractivity contribution is -0.137. The molecule has 2 fully saturated rings. The van der Waals surface area contributed by atoms with Crippen LogP contribution in [0.2, 0.25) is 4.34 Å². The summed E-state index contributed by atoms with van der Waals surface area (Å²) in [6.45, 7) is -0.705. The van der Waals surface area contributed by atoms with Gasteiger partial charge < -0.3 is 30.3 Å². The molecule has 0 bridgehead atoms. The second-order valence-corrected chi connectivity index (χ2v) is 10.5. The molecule has 0 unspecified atom stereocenters. The summed E-state index contributed by atoms with van der Waals surface area (Å²) in [5.74, 6) is -2.08. The van der Waals surface area contributed by atoms with Crippen molar-refractivity contribution in [2.75, 3.05) is 36.5 Å². The van der Waals surface area contributed by atoms with Crippen LogP contribution in [0.25, 0.3) is 0 Å². The summed E-state index contributed by atoms with van der Waals surface area (Å²) in [6, 6.07) is 4.61. The number of nitrogens with zero attached hydrogens (tertiary/aromatic N) is 1. The highest BCUT2D eigenvalue weighted by molar-refractivity contribution is 7.18. The first-order valence-corrected chi connectivity index (χ1v) is 13.1. The Morgan fingerprint density at radius 2 is 1.97 bits per heavy atom. The van der Waals surface area contributed by atoms with Gasteiger partial charge in [0.1, 0.15) is 18.8 Å². The van der Waals surface area contributed by atoms with Crippen LogP contribution in [0.3, 0.4) is 0 Å². The molecule has 1 atom stereocenters. The molecule has 15 heteroatoms. The van der Waals surface area contributed by atoms with E-state index in [0.29, 0.717) is 23.2 Å². The third kappa shape index (κ3) is 7.40. The van der Waals surface area contributed by atoms with E-state index in [1.54, 1.807) is 0 Å². The van der Waals surface area contributed by atoms with Crippen LogP contribution in [0, 0.1) is 0 Å². The number of amides is 4. The van der Waals surface area contributed by atoms with Crippen LogP contribution >= 0.6 is 22.9 Å². The van der Waals surface area contributed by atoms with Crippen LogP contribution in [-0.2, 0) is 25.2 Å². The first kappa shape index (κ1) is 28.6. The van der Waals surface area contributed by atoms with E-state index >= 15 is 0 Å². The predicted molar refractivity (Wildman–Crippen MR) is 136 cm³/mol. The number of nitrogens with one attached hydrogen (secondary N) is 3. The van der Waals surface area contributed by atoms with Crippen molar-refractivity contribution in [3.05, 3.63) is 45.1 Å². The third-order valence-electron chi connectivity index (χ3n) is 6.04. The van der Waals surface area contributed by atoms with E-state index in [1.807, 2.05) is 0 Å². The van der Waals surface area contributed by atoms with Crippen molar-refractivity contribution >= 4 is 58.1 Å². The molecule has 1 aromatic heterocycles. The van der Waals surface area contributed by atoms with Crippen molar-refractivity contribution in [3.63, 3.8) is 0 Å². The minimum atomic E-state index is -4.84. The summed E-state index contributed by atoms with van der Waals surface area (Å²) in [4.78, 5) is 51.2. The number of benzene rings is 1. The Morgan fingerprint density at radius 3 is 2.59 bits per heavy atom. The van der Waals surface area contributed by atoms with Gasteiger partial charge in [0.15, 0.2) is 0 Å². The van der Waals surface area contributed by atoms with Gasteiger partial charge in [-0.1, -0.05) is 11.6 Å². The lowest BCUT2D eigenvalue weighted by Crippen LogP contribution is -2.51. The van der Waals surface area contributed by atoms with E-state index < -0.39 is 41.6 Å². The number of halogens is 4. The maximum atomic E-state index is 13.9. The number of hydrogen-bond acceptors (Lipinski definition) is 7. The minimum absolute atomic E-state index is 0.0577. The molecular weight excluding hydrogens is 565 g/mol. The molecule has 2 aromatic rings. The van der Waals surface area contributed by atoms with Crippen molar-refractivity contribution in [2.24, 2.45) is 0 Å². The molecule has 1 aromatic carbocycles. The number of anilines is 2. The normalized spacial score (nSPS) is 16.7. The topological polar surface area (TPSA) is 126 Å². The van der Waals surface area contributed by atoms with Gasteiger partial charge in [0.2, 0.25) is 5.91 Å². The number of morpholine rings is 1. The molecule has 3 N–H and O–H groups in total. The highest BCUT2D eigenvalue weighted by Crippen LogP contribution is 2.38. The molecule has 10 nitrogen and oxygen atoms in total. The number of rotatable bonds is 8. The van der Waals surface area contributed by atoms with E-state index in [2.05, 4.69) is 16.0 Å². The second-order valence-electron chi connectivity index (χ2n) is 8.79. The molecule has 0 spiro atoms. The number of alkyl carbamates (subject to hydrolysis) is 1. The van der Waals surface area contributed by atoms with Gasteiger partial charge in [-0.25, -0.2) is 4.79 Å². The average molecular weight is 589 g/mol. The SMILES string of the molecule is O=C(N[C@@H](CNC(=O)c1ccc(Cl)s1)C(=O)Nc1ccc(N2CCOCC2=O)c(C(F)(F)F)c1)OC1CCC1. The summed E-state index contributed by atoms with van der Waals surface area (Å²) in [5, 5.41) is 7.21. The molecule has 39 heavy (non-hydrogen) atoms. The number of ether oxygens (including phenoxy) is 2. The number of carbonyl (C=O) groups excluding carboxylic acids is 4. The number of hydrogen-bond donors (Lipinski definition) is 3. The largest absolute Gasteiger partial charge is 0.446 e. The Morgan fingerprint density at radius 1 is 1.21 bits per heavy atom. The van der Waals surface area contributed by atoms with Crippen molar-refractivity contribution < 1.29 is 41.8 Å². The zero-order valence-electron chi connectivity index (χ0n) is 20.3. The standard InChI is InChI=1S/C24H24ClF3N4O6S/c25-19-7-6-18(39-19)22(35)29-11-16(31-23(36)38-14-2-1-3-14)21(34)30-13-4-5-17(15(10-13)24(26,27)28)32-8-9-37-12-20(32)33/h4-7,10,14,16H,1-3,8-9,11-12H2,(H,29,35)(H,30,34)(H,31,36)/t16-/m0/s1. The van der Waals surface area contributed by atoms with Gasteiger partial charge in [-0.2, -0.15) is 13.2 Å². The molecule has 2 heterocycles. The Kier molecular flexibility index (Phi) is 8.97. The molecule has 4 amide bonds. The minimum Gasteiger partial charge on any atom is -0.446 e. The van der Waals surface area contributed by atoms with Crippen molar-refractivity contribution in [2.45, 2.75) is 37.6 Å². The smallest absolute Gasteiger partial charge is 0.418 e. The fraction of sp³-hybridized carbons (Fsp3) is 0.417. The van der Waals surface area contributed by atoms with E-state index in [9.17, 15) is 32.3 Å². The molecule has 1 saturated heterocycles. The maximum absolute atomic E-state index is 13.9.